The average molecular weight is 159 g/mol. The molecule has 0 amide bonds. The number of hydrogen-bond donors (Lipinski definition) is 1. The first-order valence-electron chi connectivity index (χ1n) is 3.64. The highest BCUT2D eigenvalue weighted by atomic mass is 16.5. The predicted molar refractivity (Wildman–Crippen MR) is 38.8 cm³/mol. The van der Waals surface area contributed by atoms with E-state index < -0.39 is 6.23 Å². The van der Waals surface area contributed by atoms with Crippen LogP contribution in [-0.4, -0.2) is 42.4 Å². The van der Waals surface area contributed by atoms with Gasteiger partial charge in [-0.3, -0.25) is 9.69 Å². The minimum absolute atomic E-state index is 0.255. The Balaban J connectivity index is 2.54. The Labute approximate surface area is 65.8 Å². The number of likely N-dealkylation sites (tertiary alicyclic amines) is 1. The van der Waals surface area contributed by atoms with Crippen LogP contribution in [0.2, 0.25) is 0 Å². The number of nitrogens with zero attached hydrogens (tertiary/aromatic N) is 1. The fraction of sp³-hybridized carbons (Fsp3) is 0.857. The maximum atomic E-state index is 11.0. The summed E-state index contributed by atoms with van der Waals surface area (Å²) in [5, 5.41) is 9.23. The number of rotatable bonds is 1. The molecule has 2 atom stereocenters. The largest absolute Gasteiger partial charge is 0.468 e. The molecule has 1 N–H and O–H groups in total. The van der Waals surface area contributed by atoms with E-state index in [1.807, 2.05) is 0 Å². The maximum Gasteiger partial charge on any atom is 0.323 e. The lowest BCUT2D eigenvalue weighted by Gasteiger charge is -2.19. The van der Waals surface area contributed by atoms with Crippen molar-refractivity contribution in [2.45, 2.75) is 25.1 Å². The van der Waals surface area contributed by atoms with E-state index in [-0.39, 0.29) is 12.0 Å². The zero-order chi connectivity index (χ0) is 8.43. The third-order valence-corrected chi connectivity index (χ3v) is 2.13. The molecule has 0 spiro atoms. The summed E-state index contributed by atoms with van der Waals surface area (Å²) < 4.78 is 4.56. The van der Waals surface area contributed by atoms with Crippen molar-refractivity contribution in [1.29, 1.82) is 0 Å². The third kappa shape index (κ3) is 1.52. The second kappa shape index (κ2) is 3.19. The van der Waals surface area contributed by atoms with Crippen molar-refractivity contribution in [1.82, 2.24) is 4.90 Å². The Morgan fingerprint density at radius 3 is 2.64 bits per heavy atom. The van der Waals surface area contributed by atoms with Crippen LogP contribution >= 0.6 is 0 Å². The molecule has 1 saturated heterocycles. The van der Waals surface area contributed by atoms with Crippen LogP contribution in [0.15, 0.2) is 0 Å². The highest BCUT2D eigenvalue weighted by Gasteiger charge is 2.34. The van der Waals surface area contributed by atoms with Gasteiger partial charge in [0.15, 0.2) is 0 Å². The molecule has 1 fully saturated rings. The number of aliphatic hydroxyl groups excluding tert-OH is 1. The fourth-order valence-corrected chi connectivity index (χ4v) is 1.34. The van der Waals surface area contributed by atoms with Gasteiger partial charge in [-0.15, -0.1) is 0 Å². The van der Waals surface area contributed by atoms with Gasteiger partial charge in [0, 0.05) is 0 Å². The summed E-state index contributed by atoms with van der Waals surface area (Å²) in [6, 6.07) is -0.255. The molecular weight excluding hydrogens is 146 g/mol. The van der Waals surface area contributed by atoms with Crippen molar-refractivity contribution in [3.63, 3.8) is 0 Å². The van der Waals surface area contributed by atoms with Crippen molar-refractivity contribution in [3.8, 4) is 0 Å². The van der Waals surface area contributed by atoms with Crippen molar-refractivity contribution in [2.75, 3.05) is 14.2 Å². The molecule has 11 heavy (non-hydrogen) atoms. The van der Waals surface area contributed by atoms with Crippen LogP contribution in [0.4, 0.5) is 0 Å². The Morgan fingerprint density at radius 1 is 1.64 bits per heavy atom. The quantitative estimate of drug-likeness (QED) is 0.527. The Morgan fingerprint density at radius 2 is 2.27 bits per heavy atom. The molecule has 1 rings (SSSR count). The number of methoxy groups -OCH3 is 1. The molecule has 0 aromatic carbocycles. The molecule has 0 bridgehead atoms. The van der Waals surface area contributed by atoms with Crippen LogP contribution < -0.4 is 0 Å². The van der Waals surface area contributed by atoms with Crippen molar-refractivity contribution >= 4 is 5.97 Å². The van der Waals surface area contributed by atoms with Crippen LogP contribution in [0.1, 0.15) is 12.8 Å². The summed E-state index contributed by atoms with van der Waals surface area (Å²) >= 11 is 0. The van der Waals surface area contributed by atoms with Crippen LogP contribution in [0, 0.1) is 0 Å². The van der Waals surface area contributed by atoms with Gasteiger partial charge in [0.25, 0.3) is 0 Å². The summed E-state index contributed by atoms with van der Waals surface area (Å²) in [5.41, 5.74) is 0. The zero-order valence-corrected chi connectivity index (χ0v) is 6.78. The van der Waals surface area contributed by atoms with Gasteiger partial charge in [0.2, 0.25) is 0 Å². The summed E-state index contributed by atoms with van der Waals surface area (Å²) in [5.74, 6) is -0.260. The van der Waals surface area contributed by atoms with Crippen LogP contribution in [0.3, 0.4) is 0 Å². The Kier molecular flexibility index (Phi) is 2.46. The molecule has 0 aliphatic carbocycles. The summed E-state index contributed by atoms with van der Waals surface area (Å²) in [4.78, 5) is 12.6. The molecule has 0 aromatic rings. The normalized spacial score (nSPS) is 32.3. The number of carbonyl (C=O) groups is 1. The molecule has 1 heterocycles. The molecule has 1 unspecified atom stereocenters. The van der Waals surface area contributed by atoms with E-state index >= 15 is 0 Å². The number of esters is 1. The second-order valence-corrected chi connectivity index (χ2v) is 2.76. The molecule has 4 heteroatoms. The molecule has 1 aliphatic heterocycles. The van der Waals surface area contributed by atoms with Crippen molar-refractivity contribution in [3.05, 3.63) is 0 Å². The van der Waals surface area contributed by atoms with Gasteiger partial charge in [0.1, 0.15) is 12.3 Å². The van der Waals surface area contributed by atoms with E-state index in [4.69, 9.17) is 0 Å². The Hall–Kier alpha value is -0.610. The first kappa shape index (κ1) is 8.49. The molecule has 64 valence electrons. The molecule has 4 nitrogen and oxygen atoms in total. The third-order valence-electron chi connectivity index (χ3n) is 2.13. The number of hydrogen-bond acceptors (Lipinski definition) is 4. The van der Waals surface area contributed by atoms with E-state index in [9.17, 15) is 9.90 Å². The average Bonchev–Trinajstić information content (AvgIpc) is 2.32. The fourth-order valence-electron chi connectivity index (χ4n) is 1.34. The van der Waals surface area contributed by atoms with Crippen LogP contribution in [0.5, 0.6) is 0 Å². The zero-order valence-electron chi connectivity index (χ0n) is 6.78. The summed E-state index contributed by atoms with van der Waals surface area (Å²) in [7, 11) is 3.08. The van der Waals surface area contributed by atoms with E-state index in [0.717, 1.165) is 0 Å². The van der Waals surface area contributed by atoms with Gasteiger partial charge in [-0.2, -0.15) is 0 Å². The highest BCUT2D eigenvalue weighted by molar-refractivity contribution is 5.75. The smallest absolute Gasteiger partial charge is 0.323 e. The predicted octanol–water partition coefficient (Wildman–Crippen LogP) is -0.428. The molecular formula is C7H13NO3. The lowest BCUT2D eigenvalue weighted by molar-refractivity contribution is -0.147. The Bertz CT molecular complexity index is 160. The first-order chi connectivity index (χ1) is 5.16. The highest BCUT2D eigenvalue weighted by Crippen LogP contribution is 2.20. The molecule has 1 aliphatic rings. The standard InChI is InChI=1S/C7H13NO3/c1-8-5(7(10)11-2)3-4-6(8)9/h5-6,9H,3-4H2,1-2H3/t5-,6?/m0/s1. The van der Waals surface area contributed by atoms with Crippen LogP contribution in [-0.2, 0) is 9.53 Å². The van der Waals surface area contributed by atoms with E-state index in [1.54, 1.807) is 11.9 Å². The maximum absolute atomic E-state index is 11.0. The van der Waals surface area contributed by atoms with Gasteiger partial charge in [-0.1, -0.05) is 0 Å². The molecule has 0 radical (unpaired) electrons. The van der Waals surface area contributed by atoms with E-state index in [0.29, 0.717) is 12.8 Å². The van der Waals surface area contributed by atoms with Gasteiger partial charge in [-0.25, -0.2) is 0 Å². The van der Waals surface area contributed by atoms with Crippen molar-refractivity contribution < 1.29 is 14.6 Å². The van der Waals surface area contributed by atoms with Gasteiger partial charge < -0.3 is 9.84 Å². The lowest BCUT2D eigenvalue weighted by Crippen LogP contribution is -2.38. The summed E-state index contributed by atoms with van der Waals surface area (Å²) in [6.07, 6.45) is 0.847. The molecule has 0 saturated carbocycles. The summed E-state index contributed by atoms with van der Waals surface area (Å²) in [6.45, 7) is 0. The van der Waals surface area contributed by atoms with Gasteiger partial charge in [-0.05, 0) is 19.9 Å². The number of carbonyl (C=O) groups excluding carboxylic acids is 1. The molecule has 0 aromatic heterocycles. The minimum atomic E-state index is -0.487. The van der Waals surface area contributed by atoms with E-state index in [2.05, 4.69) is 4.74 Å². The van der Waals surface area contributed by atoms with Crippen molar-refractivity contribution in [2.24, 2.45) is 0 Å². The van der Waals surface area contributed by atoms with Gasteiger partial charge in [0.05, 0.1) is 7.11 Å². The van der Waals surface area contributed by atoms with Gasteiger partial charge >= 0.3 is 5.97 Å². The SMILES string of the molecule is COC(=O)[C@@H]1CCC(O)N1C. The first-order valence-corrected chi connectivity index (χ1v) is 3.64. The van der Waals surface area contributed by atoms with Crippen LogP contribution in [0.25, 0.3) is 0 Å². The second-order valence-electron chi connectivity index (χ2n) is 2.76. The van der Waals surface area contributed by atoms with E-state index in [1.165, 1.54) is 7.11 Å². The number of ether oxygens (including phenoxy) is 1. The lowest BCUT2D eigenvalue weighted by atomic mass is 10.2. The number of aliphatic hydroxyl groups is 1. The topological polar surface area (TPSA) is 49.8 Å². The monoisotopic (exact) mass is 159 g/mol. The minimum Gasteiger partial charge on any atom is -0.468 e. The number of likely N-dealkylation sites (N-methyl/N-ethyl adjacent to an activating group) is 1.